The van der Waals surface area contributed by atoms with Crippen LogP contribution in [0.2, 0.25) is 0 Å². The van der Waals surface area contributed by atoms with Crippen LogP contribution in [0, 0.1) is 10.1 Å². The summed E-state index contributed by atoms with van der Waals surface area (Å²) in [6.07, 6.45) is 4.10. The first-order valence-electron chi connectivity index (χ1n) is 7.36. The molecule has 1 aliphatic rings. The van der Waals surface area contributed by atoms with Gasteiger partial charge in [-0.05, 0) is 36.6 Å². The van der Waals surface area contributed by atoms with Crippen LogP contribution in [0.5, 0.6) is 0 Å². The molecule has 0 aliphatic carbocycles. The number of carbonyl (C=O) groups excluding carboxylic acids is 1. The van der Waals surface area contributed by atoms with Crippen molar-refractivity contribution in [1.29, 1.82) is 0 Å². The van der Waals surface area contributed by atoms with Crippen molar-refractivity contribution in [2.75, 3.05) is 18.0 Å². The fourth-order valence-electron chi connectivity index (χ4n) is 2.51. The summed E-state index contributed by atoms with van der Waals surface area (Å²) in [5.41, 5.74) is 0.960. The molecule has 23 heavy (non-hydrogen) atoms. The van der Waals surface area contributed by atoms with E-state index in [0.29, 0.717) is 11.4 Å². The number of pyridine rings is 1. The second kappa shape index (κ2) is 6.74. The number of anilines is 1. The minimum atomic E-state index is -0.493. The Balaban J connectivity index is 1.62. The van der Waals surface area contributed by atoms with E-state index in [1.54, 1.807) is 6.20 Å². The molecule has 0 aromatic carbocycles. The van der Waals surface area contributed by atoms with Crippen molar-refractivity contribution in [3.63, 3.8) is 0 Å². The van der Waals surface area contributed by atoms with E-state index in [4.69, 9.17) is 0 Å². The molecule has 0 unspecified atom stereocenters. The van der Waals surface area contributed by atoms with Gasteiger partial charge in [0.05, 0.1) is 9.80 Å². The first kappa shape index (κ1) is 15.4. The van der Waals surface area contributed by atoms with Crippen molar-refractivity contribution >= 4 is 28.1 Å². The van der Waals surface area contributed by atoms with E-state index >= 15 is 0 Å². The zero-order valence-corrected chi connectivity index (χ0v) is 13.2. The molecular weight excluding hydrogens is 316 g/mol. The van der Waals surface area contributed by atoms with Gasteiger partial charge in [-0.2, -0.15) is 0 Å². The summed E-state index contributed by atoms with van der Waals surface area (Å²) in [5.74, 6) is 0.628. The molecule has 8 heteroatoms. The van der Waals surface area contributed by atoms with Gasteiger partial charge in [0.15, 0.2) is 0 Å². The number of aromatic nitrogens is 1. The van der Waals surface area contributed by atoms with E-state index in [2.05, 4.69) is 15.2 Å². The Morgan fingerprint density at radius 1 is 1.35 bits per heavy atom. The molecule has 0 saturated carbocycles. The predicted molar refractivity (Wildman–Crippen MR) is 87.8 cm³/mol. The second-order valence-corrected chi connectivity index (χ2v) is 6.36. The number of rotatable bonds is 5. The minimum absolute atomic E-state index is 0.0321. The monoisotopic (exact) mass is 332 g/mol. The average Bonchev–Trinajstić information content (AvgIpc) is 3.24. The first-order valence-corrected chi connectivity index (χ1v) is 8.17. The number of amides is 1. The Kier molecular flexibility index (Phi) is 4.52. The Bertz CT molecular complexity index is 725. The van der Waals surface area contributed by atoms with Gasteiger partial charge in [0, 0.05) is 31.9 Å². The molecule has 7 nitrogen and oxygen atoms in total. The molecule has 2 aromatic heterocycles. The predicted octanol–water partition coefficient (Wildman–Crippen LogP) is 2.58. The lowest BCUT2D eigenvalue weighted by Gasteiger charge is -2.16. The molecule has 0 spiro atoms. The Morgan fingerprint density at radius 2 is 2.13 bits per heavy atom. The minimum Gasteiger partial charge on any atom is -0.357 e. The molecule has 120 valence electrons. The molecule has 1 amide bonds. The number of hydrogen-bond acceptors (Lipinski definition) is 6. The Hall–Kier alpha value is -2.48. The molecule has 2 aromatic rings. The van der Waals surface area contributed by atoms with Crippen molar-refractivity contribution in [2.45, 2.75) is 19.4 Å². The maximum absolute atomic E-state index is 12.0. The number of thiophene rings is 1. The normalized spacial score (nSPS) is 14.0. The van der Waals surface area contributed by atoms with Gasteiger partial charge in [-0.1, -0.05) is 11.3 Å². The smallest absolute Gasteiger partial charge is 0.324 e. The van der Waals surface area contributed by atoms with Crippen molar-refractivity contribution in [3.8, 4) is 0 Å². The van der Waals surface area contributed by atoms with Crippen LogP contribution in [0.15, 0.2) is 30.5 Å². The van der Waals surface area contributed by atoms with Gasteiger partial charge in [-0.25, -0.2) is 4.98 Å². The quantitative estimate of drug-likeness (QED) is 0.671. The fourth-order valence-corrected chi connectivity index (χ4v) is 3.24. The van der Waals surface area contributed by atoms with E-state index in [9.17, 15) is 14.9 Å². The first-order chi connectivity index (χ1) is 11.1. The highest BCUT2D eigenvalue weighted by atomic mass is 32.1. The second-order valence-electron chi connectivity index (χ2n) is 5.29. The van der Waals surface area contributed by atoms with E-state index in [1.807, 2.05) is 12.1 Å². The maximum atomic E-state index is 12.0. The van der Waals surface area contributed by atoms with Crippen LogP contribution in [0.1, 0.15) is 28.1 Å². The van der Waals surface area contributed by atoms with Gasteiger partial charge in [0.25, 0.3) is 5.91 Å². The van der Waals surface area contributed by atoms with Crippen molar-refractivity contribution < 1.29 is 9.72 Å². The number of hydrogen-bond donors (Lipinski definition) is 1. The SMILES string of the molecule is O=C(NCc1ccnc(N2CCCC2)c1)c1ccc([N+](=O)[O-])s1. The van der Waals surface area contributed by atoms with E-state index in [0.717, 1.165) is 35.8 Å². The summed E-state index contributed by atoms with van der Waals surface area (Å²) in [5, 5.41) is 13.4. The molecular formula is C15H16N4O3S. The van der Waals surface area contributed by atoms with Crippen LogP contribution < -0.4 is 10.2 Å². The number of nitrogens with zero attached hydrogens (tertiary/aromatic N) is 3. The molecule has 3 rings (SSSR count). The van der Waals surface area contributed by atoms with Gasteiger partial charge in [-0.15, -0.1) is 0 Å². The largest absolute Gasteiger partial charge is 0.357 e. The van der Waals surface area contributed by atoms with Gasteiger partial charge in [0.2, 0.25) is 0 Å². The summed E-state index contributed by atoms with van der Waals surface area (Å²) < 4.78 is 0. The molecule has 1 saturated heterocycles. The summed E-state index contributed by atoms with van der Waals surface area (Å²) in [4.78, 5) is 29.1. The summed E-state index contributed by atoms with van der Waals surface area (Å²) in [6, 6.07) is 6.65. The third-order valence-electron chi connectivity index (χ3n) is 3.69. The average molecular weight is 332 g/mol. The van der Waals surface area contributed by atoms with Crippen LogP contribution >= 0.6 is 11.3 Å². The zero-order chi connectivity index (χ0) is 16.2. The standard InChI is InChI=1S/C15H16N4O3S/c20-15(12-3-4-14(23-12)19(21)22)17-10-11-5-6-16-13(9-11)18-7-1-2-8-18/h3-6,9H,1-2,7-8,10H2,(H,17,20). The number of nitrogens with one attached hydrogen (secondary N) is 1. The third-order valence-corrected chi connectivity index (χ3v) is 4.72. The highest BCUT2D eigenvalue weighted by Crippen LogP contribution is 2.24. The van der Waals surface area contributed by atoms with Gasteiger partial charge >= 0.3 is 5.00 Å². The highest BCUT2D eigenvalue weighted by Gasteiger charge is 2.16. The highest BCUT2D eigenvalue weighted by molar-refractivity contribution is 7.17. The van der Waals surface area contributed by atoms with Crippen LogP contribution in [0.3, 0.4) is 0 Å². The van der Waals surface area contributed by atoms with Crippen LogP contribution in [0.4, 0.5) is 10.8 Å². The number of nitro groups is 1. The number of carbonyl (C=O) groups is 1. The molecule has 3 heterocycles. The lowest BCUT2D eigenvalue weighted by atomic mass is 10.2. The summed E-state index contributed by atoms with van der Waals surface area (Å²) in [7, 11) is 0. The molecule has 0 radical (unpaired) electrons. The summed E-state index contributed by atoms with van der Waals surface area (Å²) >= 11 is 0.876. The van der Waals surface area contributed by atoms with Crippen molar-refractivity contribution in [3.05, 3.63) is 51.0 Å². The van der Waals surface area contributed by atoms with E-state index in [-0.39, 0.29) is 10.9 Å². The molecule has 0 atom stereocenters. The van der Waals surface area contributed by atoms with Crippen LogP contribution in [0.25, 0.3) is 0 Å². The van der Waals surface area contributed by atoms with Gasteiger partial charge < -0.3 is 10.2 Å². The Labute approximate surface area is 137 Å². The lowest BCUT2D eigenvalue weighted by molar-refractivity contribution is -0.380. The molecule has 1 fully saturated rings. The lowest BCUT2D eigenvalue weighted by Crippen LogP contribution is -2.23. The molecule has 1 aliphatic heterocycles. The fraction of sp³-hybridized carbons (Fsp3) is 0.333. The van der Waals surface area contributed by atoms with Gasteiger partial charge in [-0.3, -0.25) is 14.9 Å². The van der Waals surface area contributed by atoms with E-state index < -0.39 is 4.92 Å². The maximum Gasteiger partial charge on any atom is 0.324 e. The van der Waals surface area contributed by atoms with Crippen LogP contribution in [-0.4, -0.2) is 28.9 Å². The Morgan fingerprint density at radius 3 is 2.83 bits per heavy atom. The van der Waals surface area contributed by atoms with Crippen molar-refractivity contribution in [2.24, 2.45) is 0 Å². The van der Waals surface area contributed by atoms with E-state index in [1.165, 1.54) is 25.0 Å². The third kappa shape index (κ3) is 3.65. The molecule has 0 bridgehead atoms. The van der Waals surface area contributed by atoms with Crippen molar-refractivity contribution in [1.82, 2.24) is 10.3 Å². The molecule has 1 N–H and O–H groups in total. The summed E-state index contributed by atoms with van der Waals surface area (Å²) in [6.45, 7) is 2.40. The zero-order valence-electron chi connectivity index (χ0n) is 12.4. The van der Waals surface area contributed by atoms with Gasteiger partial charge in [0.1, 0.15) is 5.82 Å². The topological polar surface area (TPSA) is 88.4 Å². The van der Waals surface area contributed by atoms with Crippen LogP contribution in [-0.2, 0) is 6.54 Å².